The first-order chi connectivity index (χ1) is 21.6. The Morgan fingerprint density at radius 2 is 1.44 bits per heavy atom. The molecule has 45 heavy (non-hydrogen) atoms. The lowest BCUT2D eigenvalue weighted by Gasteiger charge is -2.39. The van der Waals surface area contributed by atoms with Crippen molar-refractivity contribution in [1.29, 1.82) is 0 Å². The predicted molar refractivity (Wildman–Crippen MR) is 177 cm³/mol. The minimum absolute atomic E-state index is 0.0676. The average Bonchev–Trinajstić information content (AvgIpc) is 3.08. The third-order valence-corrected chi connectivity index (χ3v) is 10.8. The Morgan fingerprint density at radius 3 is 2.13 bits per heavy atom. The number of aromatic nitrogens is 1. The number of benzene rings is 3. The zero-order valence-electron chi connectivity index (χ0n) is 25.9. The first-order valence-electron chi connectivity index (χ1n) is 15.8. The second kappa shape index (κ2) is 12.6. The third-order valence-electron chi connectivity index (χ3n) is 9.37. The highest BCUT2D eigenvalue weighted by molar-refractivity contribution is 7.93. The Hall–Kier alpha value is -4.24. The number of rotatable bonds is 7. The number of fused-ring (bicyclic) bond motifs is 1. The number of para-hydroxylation sites is 1. The van der Waals surface area contributed by atoms with Crippen LogP contribution in [0.15, 0.2) is 90.0 Å². The van der Waals surface area contributed by atoms with Crippen LogP contribution in [0.4, 0.5) is 5.69 Å². The fourth-order valence-electron chi connectivity index (χ4n) is 6.61. The number of amides is 2. The van der Waals surface area contributed by atoms with Crippen LogP contribution in [-0.4, -0.2) is 61.2 Å². The van der Waals surface area contributed by atoms with Gasteiger partial charge < -0.3 is 9.80 Å². The van der Waals surface area contributed by atoms with E-state index in [9.17, 15) is 18.0 Å². The molecular weight excluding hydrogens is 584 g/mol. The topological polar surface area (TPSA) is 99.7 Å². The van der Waals surface area contributed by atoms with Gasteiger partial charge >= 0.3 is 0 Å². The summed E-state index contributed by atoms with van der Waals surface area (Å²) in [6.45, 7) is 5.76. The quantitative estimate of drug-likeness (QED) is 0.259. The number of carbonyl (C=O) groups is 2. The molecule has 234 valence electrons. The Balaban J connectivity index is 1.05. The summed E-state index contributed by atoms with van der Waals surface area (Å²) in [4.78, 5) is 34.9. The molecule has 0 bridgehead atoms. The molecule has 1 aliphatic heterocycles. The Labute approximate surface area is 265 Å². The van der Waals surface area contributed by atoms with Crippen LogP contribution < -0.4 is 4.72 Å². The fraction of sp³-hybridized carbons (Fsp3) is 0.361. The van der Waals surface area contributed by atoms with Crippen LogP contribution in [0.3, 0.4) is 0 Å². The zero-order chi connectivity index (χ0) is 31.6. The van der Waals surface area contributed by atoms with Gasteiger partial charge in [-0.05, 0) is 80.1 Å². The Kier molecular flexibility index (Phi) is 8.64. The lowest BCUT2D eigenvalue weighted by Crippen LogP contribution is -2.54. The molecule has 8 nitrogen and oxygen atoms in total. The van der Waals surface area contributed by atoms with Gasteiger partial charge in [-0.3, -0.25) is 19.3 Å². The maximum atomic E-state index is 13.6. The molecule has 1 aliphatic carbocycles. The number of nitrogens with zero attached hydrogens (tertiary/aromatic N) is 3. The van der Waals surface area contributed by atoms with E-state index in [1.54, 1.807) is 47.5 Å². The number of pyridine rings is 1. The van der Waals surface area contributed by atoms with Crippen LogP contribution in [-0.2, 0) is 20.2 Å². The van der Waals surface area contributed by atoms with Gasteiger partial charge in [-0.2, -0.15) is 0 Å². The molecule has 3 aromatic carbocycles. The molecular formula is C36H40N4O4S. The molecule has 4 aromatic rings. The first kappa shape index (κ1) is 30.8. The van der Waals surface area contributed by atoms with E-state index >= 15 is 0 Å². The van der Waals surface area contributed by atoms with Crippen molar-refractivity contribution in [2.45, 2.75) is 62.2 Å². The highest BCUT2D eigenvalue weighted by atomic mass is 32.2. The summed E-state index contributed by atoms with van der Waals surface area (Å²) in [6, 6.07) is 23.7. The van der Waals surface area contributed by atoms with E-state index in [0.29, 0.717) is 48.9 Å². The van der Waals surface area contributed by atoms with E-state index in [0.717, 1.165) is 10.9 Å². The zero-order valence-corrected chi connectivity index (χ0v) is 26.7. The van der Waals surface area contributed by atoms with Gasteiger partial charge in [-0.25, -0.2) is 8.42 Å². The molecule has 0 atom stereocenters. The SMILES string of the molecule is CC(C)(C(=O)N1CCN(C(=O)c2ccc(NS(=O)(=O)c3cccc4cccnc34)cc2)CC1)c1ccc(C2CCCCC2)cc1. The average molecular weight is 625 g/mol. The number of anilines is 1. The van der Waals surface area contributed by atoms with E-state index in [4.69, 9.17) is 0 Å². The van der Waals surface area contributed by atoms with Crippen molar-refractivity contribution < 1.29 is 18.0 Å². The Morgan fingerprint density at radius 1 is 0.800 bits per heavy atom. The minimum atomic E-state index is -3.89. The number of hydrogen-bond donors (Lipinski definition) is 1. The minimum Gasteiger partial charge on any atom is -0.338 e. The lowest BCUT2D eigenvalue weighted by atomic mass is 9.80. The highest BCUT2D eigenvalue weighted by Gasteiger charge is 2.36. The largest absolute Gasteiger partial charge is 0.338 e. The van der Waals surface area contributed by atoms with Crippen LogP contribution in [0.1, 0.15) is 73.4 Å². The summed E-state index contributed by atoms with van der Waals surface area (Å²) in [5.74, 6) is 0.552. The van der Waals surface area contributed by atoms with Crippen molar-refractivity contribution in [2.75, 3.05) is 30.9 Å². The van der Waals surface area contributed by atoms with E-state index in [1.807, 2.05) is 30.9 Å². The van der Waals surface area contributed by atoms with Gasteiger partial charge in [0.05, 0.1) is 10.9 Å². The maximum Gasteiger partial charge on any atom is 0.264 e. The summed E-state index contributed by atoms with van der Waals surface area (Å²) < 4.78 is 28.9. The second-order valence-electron chi connectivity index (χ2n) is 12.7. The summed E-state index contributed by atoms with van der Waals surface area (Å²) >= 11 is 0. The molecule has 1 N–H and O–H groups in total. The van der Waals surface area contributed by atoms with Crippen LogP contribution in [0.2, 0.25) is 0 Å². The van der Waals surface area contributed by atoms with Crippen LogP contribution in [0.5, 0.6) is 0 Å². The normalized spacial score (nSPS) is 16.5. The van der Waals surface area contributed by atoms with Crippen molar-refractivity contribution in [3.05, 3.63) is 102 Å². The van der Waals surface area contributed by atoms with Crippen LogP contribution in [0, 0.1) is 0 Å². The van der Waals surface area contributed by atoms with Gasteiger partial charge in [-0.15, -0.1) is 0 Å². The molecule has 1 saturated carbocycles. The summed E-state index contributed by atoms with van der Waals surface area (Å²) in [5, 5.41) is 0.732. The van der Waals surface area contributed by atoms with E-state index in [1.165, 1.54) is 43.7 Å². The first-order valence-corrected chi connectivity index (χ1v) is 17.3. The second-order valence-corrected chi connectivity index (χ2v) is 14.3. The van der Waals surface area contributed by atoms with Gasteiger partial charge in [0.1, 0.15) is 4.90 Å². The molecule has 2 heterocycles. The molecule has 1 saturated heterocycles. The number of sulfonamides is 1. The summed E-state index contributed by atoms with van der Waals surface area (Å²) in [5.41, 5.74) is 2.93. The molecule has 0 unspecified atom stereocenters. The van der Waals surface area contributed by atoms with Gasteiger partial charge in [0.25, 0.3) is 15.9 Å². The molecule has 2 aliphatic rings. The fourth-order valence-corrected chi connectivity index (χ4v) is 7.85. The standard InChI is InChI=1S/C36H40N4O4S/c1-36(2,30-17-13-27(14-18-30)26-8-4-3-5-9-26)35(42)40-24-22-39(23-25-40)34(41)29-15-19-31(20-16-29)38-45(43,44)32-12-6-10-28-11-7-21-37-33(28)32/h6-7,10-21,26,38H,3-5,8-9,22-25H2,1-2H3. The number of piperazine rings is 1. The number of nitrogens with one attached hydrogen (secondary N) is 1. The van der Waals surface area contributed by atoms with Crippen molar-refractivity contribution in [2.24, 2.45) is 0 Å². The lowest BCUT2D eigenvalue weighted by molar-refractivity contribution is -0.137. The highest BCUT2D eigenvalue weighted by Crippen LogP contribution is 2.34. The van der Waals surface area contributed by atoms with Gasteiger partial charge in [-0.1, -0.05) is 61.7 Å². The molecule has 9 heteroatoms. The number of carbonyl (C=O) groups excluding carboxylic acids is 2. The molecule has 0 spiro atoms. The predicted octanol–water partition coefficient (Wildman–Crippen LogP) is 6.35. The van der Waals surface area contributed by atoms with Crippen molar-refractivity contribution in [3.8, 4) is 0 Å². The summed E-state index contributed by atoms with van der Waals surface area (Å²) in [7, 11) is -3.89. The smallest absolute Gasteiger partial charge is 0.264 e. The maximum absolute atomic E-state index is 13.6. The molecule has 1 aromatic heterocycles. The van der Waals surface area contributed by atoms with Gasteiger partial charge in [0.15, 0.2) is 0 Å². The molecule has 6 rings (SSSR count). The van der Waals surface area contributed by atoms with Crippen molar-refractivity contribution in [3.63, 3.8) is 0 Å². The van der Waals surface area contributed by atoms with E-state index < -0.39 is 15.4 Å². The van der Waals surface area contributed by atoms with Gasteiger partial charge in [0, 0.05) is 49.0 Å². The van der Waals surface area contributed by atoms with Crippen LogP contribution >= 0.6 is 0 Å². The Bertz CT molecular complexity index is 1780. The monoisotopic (exact) mass is 624 g/mol. The third kappa shape index (κ3) is 6.45. The molecule has 0 radical (unpaired) electrons. The van der Waals surface area contributed by atoms with Crippen molar-refractivity contribution >= 4 is 38.4 Å². The number of hydrogen-bond acceptors (Lipinski definition) is 5. The van der Waals surface area contributed by atoms with Crippen LogP contribution in [0.25, 0.3) is 10.9 Å². The molecule has 2 amide bonds. The van der Waals surface area contributed by atoms with E-state index in [-0.39, 0.29) is 16.7 Å². The van der Waals surface area contributed by atoms with Crippen molar-refractivity contribution in [1.82, 2.24) is 14.8 Å². The molecule has 2 fully saturated rings. The van der Waals surface area contributed by atoms with Gasteiger partial charge in [0.2, 0.25) is 5.91 Å². The summed E-state index contributed by atoms with van der Waals surface area (Å²) in [6.07, 6.45) is 7.98. The van der Waals surface area contributed by atoms with E-state index in [2.05, 4.69) is 34.0 Å².